The number of likely N-dealkylation sites (tertiary alicyclic amines) is 1. The summed E-state index contributed by atoms with van der Waals surface area (Å²) in [6.07, 6.45) is 1.91. The third-order valence-electron chi connectivity index (χ3n) is 5.70. The summed E-state index contributed by atoms with van der Waals surface area (Å²) in [5.74, 6) is 0.612. The number of hydrogen-bond acceptors (Lipinski definition) is 4. The molecule has 0 aromatic heterocycles. The van der Waals surface area contributed by atoms with Crippen molar-refractivity contribution >= 4 is 23.4 Å². The van der Waals surface area contributed by atoms with Crippen LogP contribution >= 0.6 is 11.6 Å². The second kappa shape index (κ2) is 10.5. The lowest BCUT2D eigenvalue weighted by Crippen LogP contribution is -2.36. The van der Waals surface area contributed by atoms with Crippen molar-refractivity contribution in [1.82, 2.24) is 10.2 Å². The van der Waals surface area contributed by atoms with E-state index >= 15 is 0 Å². The van der Waals surface area contributed by atoms with Crippen molar-refractivity contribution in [2.45, 2.75) is 25.7 Å². The fraction of sp³-hybridized carbons (Fsp3) is 0.417. The Bertz CT molecular complexity index is 916. The third kappa shape index (κ3) is 5.31. The van der Waals surface area contributed by atoms with Gasteiger partial charge in [-0.25, -0.2) is 0 Å². The number of rotatable bonds is 8. The Hall–Kier alpha value is -2.73. The van der Waals surface area contributed by atoms with E-state index in [-0.39, 0.29) is 23.7 Å². The van der Waals surface area contributed by atoms with Gasteiger partial charge in [-0.15, -0.1) is 0 Å². The topological polar surface area (TPSA) is 67.9 Å². The van der Waals surface area contributed by atoms with Crippen molar-refractivity contribution in [3.8, 4) is 11.5 Å². The van der Waals surface area contributed by atoms with Crippen LogP contribution in [0, 0.1) is 5.92 Å². The number of carbonyl (C=O) groups is 2. The highest BCUT2D eigenvalue weighted by molar-refractivity contribution is 6.30. The van der Waals surface area contributed by atoms with Crippen LogP contribution in [0.2, 0.25) is 5.02 Å². The Labute approximate surface area is 188 Å². The van der Waals surface area contributed by atoms with E-state index in [0.717, 1.165) is 18.4 Å². The number of nitrogens with zero attached hydrogens (tertiary/aromatic N) is 1. The minimum atomic E-state index is -0.380. The molecule has 0 spiro atoms. The second-order valence-corrected chi connectivity index (χ2v) is 8.12. The Morgan fingerprint density at radius 2 is 1.84 bits per heavy atom. The summed E-state index contributed by atoms with van der Waals surface area (Å²) < 4.78 is 11.0. The Morgan fingerprint density at radius 1 is 1.10 bits per heavy atom. The average Bonchev–Trinajstić information content (AvgIpc) is 3.24. The van der Waals surface area contributed by atoms with Gasteiger partial charge in [0.15, 0.2) is 0 Å². The zero-order valence-electron chi connectivity index (χ0n) is 18.2. The monoisotopic (exact) mass is 444 g/mol. The predicted octanol–water partition coefficient (Wildman–Crippen LogP) is 4.13. The lowest BCUT2D eigenvalue weighted by atomic mass is 9.87. The summed E-state index contributed by atoms with van der Waals surface area (Å²) >= 11 is 5.96. The normalized spacial score (nSPS) is 18.0. The summed E-state index contributed by atoms with van der Waals surface area (Å²) in [5.41, 5.74) is 1.41. The molecule has 7 heteroatoms. The van der Waals surface area contributed by atoms with Gasteiger partial charge in [0.05, 0.1) is 20.1 Å². The van der Waals surface area contributed by atoms with Crippen LogP contribution in [0.1, 0.15) is 41.6 Å². The zero-order valence-corrected chi connectivity index (χ0v) is 18.9. The minimum absolute atomic E-state index is 0.0465. The number of benzene rings is 2. The number of nitrogens with one attached hydrogen (secondary N) is 1. The molecule has 1 saturated heterocycles. The molecule has 0 saturated carbocycles. The number of ether oxygens (including phenoxy) is 2. The Balaban J connectivity index is 1.91. The van der Waals surface area contributed by atoms with Gasteiger partial charge in [-0.1, -0.05) is 24.9 Å². The van der Waals surface area contributed by atoms with Crippen LogP contribution in [0.25, 0.3) is 0 Å². The van der Waals surface area contributed by atoms with Crippen molar-refractivity contribution in [1.29, 1.82) is 0 Å². The molecule has 0 bridgehead atoms. The summed E-state index contributed by atoms with van der Waals surface area (Å²) in [6, 6.07) is 12.4. The largest absolute Gasteiger partial charge is 0.497 e. The number of unbranched alkanes of at least 4 members (excludes halogenated alkanes) is 1. The molecule has 3 rings (SSSR count). The molecular weight excluding hydrogens is 416 g/mol. The number of methoxy groups -OCH3 is 2. The first kappa shape index (κ1) is 22.9. The summed E-state index contributed by atoms with van der Waals surface area (Å²) in [7, 11) is 3.21. The molecule has 2 amide bonds. The van der Waals surface area contributed by atoms with Gasteiger partial charge < -0.3 is 19.7 Å². The van der Waals surface area contributed by atoms with Crippen LogP contribution < -0.4 is 14.8 Å². The smallest absolute Gasteiger partial charge is 0.253 e. The van der Waals surface area contributed by atoms with Crippen LogP contribution in [0.3, 0.4) is 0 Å². The first-order chi connectivity index (χ1) is 15.0. The summed E-state index contributed by atoms with van der Waals surface area (Å²) in [6.45, 7) is 3.46. The molecule has 6 nitrogen and oxygen atoms in total. The van der Waals surface area contributed by atoms with E-state index in [0.29, 0.717) is 41.7 Å². The van der Waals surface area contributed by atoms with Gasteiger partial charge in [0.1, 0.15) is 11.5 Å². The molecule has 2 aromatic rings. The highest BCUT2D eigenvalue weighted by atomic mass is 35.5. The van der Waals surface area contributed by atoms with Gasteiger partial charge in [-0.05, 0) is 48.9 Å². The molecule has 166 valence electrons. The van der Waals surface area contributed by atoms with Crippen molar-refractivity contribution in [2.75, 3.05) is 33.9 Å². The number of carbonyl (C=O) groups excluding carboxylic acids is 2. The zero-order chi connectivity index (χ0) is 22.4. The maximum absolute atomic E-state index is 13.1. The van der Waals surface area contributed by atoms with Crippen LogP contribution in [0.5, 0.6) is 11.5 Å². The van der Waals surface area contributed by atoms with E-state index < -0.39 is 0 Å². The predicted molar refractivity (Wildman–Crippen MR) is 121 cm³/mol. The molecule has 2 aromatic carbocycles. The lowest BCUT2D eigenvalue weighted by Gasteiger charge is -2.21. The van der Waals surface area contributed by atoms with Gasteiger partial charge in [-0.2, -0.15) is 0 Å². The number of hydrogen-bond donors (Lipinski definition) is 1. The molecule has 1 N–H and O–H groups in total. The highest BCUT2D eigenvalue weighted by Gasteiger charge is 2.41. The summed E-state index contributed by atoms with van der Waals surface area (Å²) in [5, 5.41) is 3.61. The van der Waals surface area contributed by atoms with E-state index in [4.69, 9.17) is 21.1 Å². The maximum atomic E-state index is 13.1. The van der Waals surface area contributed by atoms with Crippen molar-refractivity contribution in [3.63, 3.8) is 0 Å². The quantitative estimate of drug-likeness (QED) is 0.621. The number of amides is 2. The molecule has 31 heavy (non-hydrogen) atoms. The van der Waals surface area contributed by atoms with Crippen molar-refractivity contribution in [2.24, 2.45) is 5.92 Å². The van der Waals surface area contributed by atoms with Crippen LogP contribution in [-0.4, -0.2) is 50.6 Å². The van der Waals surface area contributed by atoms with Gasteiger partial charge in [-0.3, -0.25) is 9.59 Å². The van der Waals surface area contributed by atoms with Gasteiger partial charge >= 0.3 is 0 Å². The summed E-state index contributed by atoms with van der Waals surface area (Å²) in [4.78, 5) is 27.9. The van der Waals surface area contributed by atoms with Crippen molar-refractivity contribution < 1.29 is 19.1 Å². The van der Waals surface area contributed by atoms with Crippen LogP contribution in [0.15, 0.2) is 42.5 Å². The van der Waals surface area contributed by atoms with E-state index in [2.05, 4.69) is 12.2 Å². The third-order valence-corrected chi connectivity index (χ3v) is 5.95. The molecule has 1 fully saturated rings. The van der Waals surface area contributed by atoms with Gasteiger partial charge in [0.2, 0.25) is 5.91 Å². The highest BCUT2D eigenvalue weighted by Crippen LogP contribution is 2.40. The molecule has 1 aliphatic rings. The SMILES string of the molecule is CCCCNC(=O)[C@H]1CN(C(=O)c2ccc(Cl)cc2)C[C@H]1c1cc(OC)ccc1OC. The Morgan fingerprint density at radius 3 is 2.48 bits per heavy atom. The van der Waals surface area contributed by atoms with E-state index in [9.17, 15) is 9.59 Å². The average molecular weight is 445 g/mol. The number of halogens is 1. The fourth-order valence-electron chi connectivity index (χ4n) is 3.97. The Kier molecular flexibility index (Phi) is 7.80. The van der Waals surface area contributed by atoms with E-state index in [1.807, 2.05) is 18.2 Å². The molecule has 0 unspecified atom stereocenters. The first-order valence-electron chi connectivity index (χ1n) is 10.5. The fourth-order valence-corrected chi connectivity index (χ4v) is 4.10. The second-order valence-electron chi connectivity index (χ2n) is 7.68. The van der Waals surface area contributed by atoms with Gasteiger partial charge in [0, 0.05) is 41.7 Å². The minimum Gasteiger partial charge on any atom is -0.497 e. The molecule has 2 atom stereocenters. The lowest BCUT2D eigenvalue weighted by molar-refractivity contribution is -0.124. The van der Waals surface area contributed by atoms with Crippen LogP contribution in [-0.2, 0) is 4.79 Å². The van der Waals surface area contributed by atoms with E-state index in [1.165, 1.54) is 0 Å². The van der Waals surface area contributed by atoms with Gasteiger partial charge in [0.25, 0.3) is 5.91 Å². The maximum Gasteiger partial charge on any atom is 0.253 e. The van der Waals surface area contributed by atoms with Crippen LogP contribution in [0.4, 0.5) is 0 Å². The van der Waals surface area contributed by atoms with Crippen molar-refractivity contribution in [3.05, 3.63) is 58.6 Å². The molecule has 1 aliphatic heterocycles. The molecule has 1 heterocycles. The molecular formula is C24H29ClN2O4. The standard InChI is InChI=1S/C24H29ClN2O4/c1-4-5-12-26-23(28)21-15-27(24(29)16-6-8-17(25)9-7-16)14-20(21)19-13-18(30-2)10-11-22(19)31-3/h6-11,13,20-21H,4-5,12,14-15H2,1-3H3,(H,26,28)/t20-,21-/m0/s1. The molecule has 0 radical (unpaired) electrons. The first-order valence-corrected chi connectivity index (χ1v) is 10.9. The molecule has 0 aliphatic carbocycles. The van der Waals surface area contributed by atoms with E-state index in [1.54, 1.807) is 43.4 Å².